The summed E-state index contributed by atoms with van der Waals surface area (Å²) in [4.78, 5) is 25.5. The summed E-state index contributed by atoms with van der Waals surface area (Å²) in [7, 11) is 0. The quantitative estimate of drug-likeness (QED) is 0.0346. The molecule has 1 unspecified atom stereocenters. The van der Waals surface area contributed by atoms with Gasteiger partial charge in [0.05, 0.1) is 6.61 Å². The molecule has 5 nitrogen and oxygen atoms in total. The highest BCUT2D eigenvalue weighted by molar-refractivity contribution is 5.70. The van der Waals surface area contributed by atoms with Gasteiger partial charge in [0.1, 0.15) is 6.61 Å². The second-order valence-corrected chi connectivity index (χ2v) is 18.8. The molecule has 0 saturated carbocycles. The maximum absolute atomic E-state index is 12.8. The van der Waals surface area contributed by atoms with E-state index in [0.29, 0.717) is 19.4 Å². The molecule has 66 heavy (non-hydrogen) atoms. The lowest BCUT2D eigenvalue weighted by atomic mass is 10.1. The fourth-order valence-corrected chi connectivity index (χ4v) is 7.90. The molecule has 1 atom stereocenters. The van der Waals surface area contributed by atoms with Crippen LogP contribution in [0.15, 0.2) is 72.9 Å². The highest BCUT2D eigenvalue weighted by Crippen LogP contribution is 2.14. The maximum Gasteiger partial charge on any atom is 0.306 e. The SMILES string of the molecule is CCC/C=C\C/C=C\CCCCCCCC(=O)OC(COCCCCCCCCCC/C=C\CCCCCCCC)COC(=O)CCCCCCCC/C=C\C/C=C\C/C=C\CCCCC. The van der Waals surface area contributed by atoms with Gasteiger partial charge in [0.25, 0.3) is 0 Å². The van der Waals surface area contributed by atoms with Gasteiger partial charge in [0.15, 0.2) is 6.10 Å². The number of carbonyl (C=O) groups is 2. The van der Waals surface area contributed by atoms with Crippen LogP contribution in [0.2, 0.25) is 0 Å². The van der Waals surface area contributed by atoms with E-state index in [4.69, 9.17) is 14.2 Å². The van der Waals surface area contributed by atoms with Crippen molar-refractivity contribution in [2.45, 2.75) is 284 Å². The van der Waals surface area contributed by atoms with Gasteiger partial charge in [-0.3, -0.25) is 9.59 Å². The van der Waals surface area contributed by atoms with Crippen LogP contribution < -0.4 is 0 Å². The predicted molar refractivity (Wildman–Crippen MR) is 288 cm³/mol. The highest BCUT2D eigenvalue weighted by Gasteiger charge is 2.17. The lowest BCUT2D eigenvalue weighted by Gasteiger charge is -2.18. The first-order valence-corrected chi connectivity index (χ1v) is 28.5. The molecule has 0 aromatic rings. The summed E-state index contributed by atoms with van der Waals surface area (Å²) >= 11 is 0. The van der Waals surface area contributed by atoms with E-state index in [-0.39, 0.29) is 25.2 Å². The van der Waals surface area contributed by atoms with Crippen LogP contribution in [0.4, 0.5) is 0 Å². The Morgan fingerprint density at radius 2 is 0.667 bits per heavy atom. The molecule has 0 bridgehead atoms. The van der Waals surface area contributed by atoms with Gasteiger partial charge in [-0.1, -0.05) is 229 Å². The molecule has 0 aliphatic rings. The van der Waals surface area contributed by atoms with E-state index in [1.807, 2.05) is 0 Å². The summed E-state index contributed by atoms with van der Waals surface area (Å²) in [6.07, 6.45) is 73.4. The number of esters is 2. The number of allylic oxidation sites excluding steroid dienone is 12. The molecular weight excluding hydrogens is 813 g/mol. The highest BCUT2D eigenvalue weighted by atomic mass is 16.6. The van der Waals surface area contributed by atoms with Gasteiger partial charge in [-0.15, -0.1) is 0 Å². The van der Waals surface area contributed by atoms with E-state index in [1.54, 1.807) is 0 Å². The minimum atomic E-state index is -0.553. The number of hydrogen-bond donors (Lipinski definition) is 0. The van der Waals surface area contributed by atoms with Crippen molar-refractivity contribution < 1.29 is 23.8 Å². The molecule has 0 amide bonds. The smallest absolute Gasteiger partial charge is 0.306 e. The van der Waals surface area contributed by atoms with E-state index in [1.165, 1.54) is 161 Å². The van der Waals surface area contributed by atoms with E-state index in [9.17, 15) is 9.59 Å². The first-order chi connectivity index (χ1) is 32.6. The van der Waals surface area contributed by atoms with E-state index in [2.05, 4.69) is 93.7 Å². The molecule has 382 valence electrons. The van der Waals surface area contributed by atoms with Crippen LogP contribution in [0.5, 0.6) is 0 Å². The minimum Gasteiger partial charge on any atom is -0.462 e. The van der Waals surface area contributed by atoms with Gasteiger partial charge in [0, 0.05) is 19.4 Å². The van der Waals surface area contributed by atoms with Crippen LogP contribution in [0.1, 0.15) is 278 Å². The average Bonchev–Trinajstić information content (AvgIpc) is 3.32. The fourth-order valence-electron chi connectivity index (χ4n) is 7.90. The van der Waals surface area contributed by atoms with E-state index in [0.717, 1.165) is 83.5 Å². The first kappa shape index (κ1) is 63.3. The summed E-state index contributed by atoms with van der Waals surface area (Å²) in [6.45, 7) is 7.72. The Labute approximate surface area is 410 Å². The monoisotopic (exact) mass is 921 g/mol. The fraction of sp³-hybridized carbons (Fsp3) is 0.770. The van der Waals surface area contributed by atoms with Crippen LogP contribution in [0.3, 0.4) is 0 Å². The molecule has 0 radical (unpaired) electrons. The zero-order chi connectivity index (χ0) is 47.7. The van der Waals surface area contributed by atoms with Crippen molar-refractivity contribution in [1.82, 2.24) is 0 Å². The zero-order valence-corrected chi connectivity index (χ0v) is 44.0. The number of rotatable bonds is 52. The molecule has 0 N–H and O–H groups in total. The number of ether oxygens (including phenoxy) is 3. The first-order valence-electron chi connectivity index (χ1n) is 28.5. The molecule has 0 aromatic heterocycles. The Hall–Kier alpha value is -2.66. The molecule has 0 fully saturated rings. The van der Waals surface area contributed by atoms with Gasteiger partial charge >= 0.3 is 11.9 Å². The Balaban J connectivity index is 4.28. The summed E-state index contributed by atoms with van der Waals surface area (Å²) in [6, 6.07) is 0. The Morgan fingerprint density at radius 1 is 0.333 bits per heavy atom. The third-order valence-electron chi connectivity index (χ3n) is 12.2. The van der Waals surface area contributed by atoms with Gasteiger partial charge in [-0.05, 0) is 109 Å². The van der Waals surface area contributed by atoms with Gasteiger partial charge < -0.3 is 14.2 Å². The maximum atomic E-state index is 12.8. The molecule has 0 aromatic carbocycles. The minimum absolute atomic E-state index is 0.0703. The number of carbonyl (C=O) groups excluding carboxylic acids is 2. The van der Waals surface area contributed by atoms with Gasteiger partial charge in [0.2, 0.25) is 0 Å². The predicted octanol–water partition coefficient (Wildman–Crippen LogP) is 19.5. The van der Waals surface area contributed by atoms with Gasteiger partial charge in [-0.2, -0.15) is 0 Å². The van der Waals surface area contributed by atoms with Crippen LogP contribution >= 0.6 is 0 Å². The number of hydrogen-bond acceptors (Lipinski definition) is 5. The van der Waals surface area contributed by atoms with Crippen molar-refractivity contribution in [3.63, 3.8) is 0 Å². The summed E-state index contributed by atoms with van der Waals surface area (Å²) in [5, 5.41) is 0. The molecule has 0 spiro atoms. The lowest BCUT2D eigenvalue weighted by molar-refractivity contribution is -0.163. The van der Waals surface area contributed by atoms with Crippen molar-refractivity contribution >= 4 is 11.9 Å². The molecule has 5 heteroatoms. The second kappa shape index (κ2) is 56.7. The summed E-state index contributed by atoms with van der Waals surface area (Å²) < 4.78 is 17.4. The molecule has 0 aliphatic heterocycles. The van der Waals surface area contributed by atoms with Crippen LogP contribution in [0, 0.1) is 0 Å². The molecule has 0 saturated heterocycles. The Bertz CT molecular complexity index is 1180. The van der Waals surface area contributed by atoms with E-state index >= 15 is 0 Å². The van der Waals surface area contributed by atoms with Crippen molar-refractivity contribution in [3.8, 4) is 0 Å². The van der Waals surface area contributed by atoms with Crippen LogP contribution in [-0.4, -0.2) is 37.9 Å². The molecule has 0 aliphatic carbocycles. The van der Waals surface area contributed by atoms with Crippen molar-refractivity contribution in [2.24, 2.45) is 0 Å². The van der Waals surface area contributed by atoms with Crippen molar-refractivity contribution in [3.05, 3.63) is 72.9 Å². The molecular formula is C61H108O5. The lowest BCUT2D eigenvalue weighted by Crippen LogP contribution is -2.30. The zero-order valence-electron chi connectivity index (χ0n) is 44.0. The normalized spacial score (nSPS) is 12.7. The Kier molecular flexibility index (Phi) is 54.4. The van der Waals surface area contributed by atoms with Gasteiger partial charge in [-0.25, -0.2) is 0 Å². The molecule has 0 rings (SSSR count). The topological polar surface area (TPSA) is 61.8 Å². The van der Waals surface area contributed by atoms with Crippen molar-refractivity contribution in [1.29, 1.82) is 0 Å². The summed E-state index contributed by atoms with van der Waals surface area (Å²) in [5.41, 5.74) is 0. The Morgan fingerprint density at radius 3 is 1.12 bits per heavy atom. The summed E-state index contributed by atoms with van der Waals surface area (Å²) in [5.74, 6) is -0.423. The second-order valence-electron chi connectivity index (χ2n) is 18.8. The third-order valence-corrected chi connectivity index (χ3v) is 12.2. The number of unbranched alkanes of at least 4 members (excludes halogenated alkanes) is 29. The van der Waals surface area contributed by atoms with E-state index < -0.39 is 6.10 Å². The van der Waals surface area contributed by atoms with Crippen molar-refractivity contribution in [2.75, 3.05) is 19.8 Å². The standard InChI is InChI=1S/C61H108O5/c1-4-7-10-13-16-19-22-25-27-29-31-32-34-37-39-42-45-48-51-54-60(62)65-58-59(66-61(63)55-52-49-46-43-40-36-24-21-18-15-12-9-6-3)57-64-56-53-50-47-44-41-38-35-33-30-28-26-23-20-17-14-11-8-5-2/h12,15-16,19,21,24-28,31-32,59H,4-11,13-14,17-18,20,22-23,29-30,33-58H2,1-3H3/b15-12-,19-16-,24-21-,27-25-,28-26-,32-31-. The average molecular weight is 922 g/mol. The third kappa shape index (κ3) is 54.0. The van der Waals surface area contributed by atoms with Crippen LogP contribution in [-0.2, 0) is 23.8 Å². The largest absolute Gasteiger partial charge is 0.462 e. The molecule has 0 heterocycles. The van der Waals surface area contributed by atoms with Crippen LogP contribution in [0.25, 0.3) is 0 Å².